The number of rotatable bonds is 0. The number of phenols is 1. The number of carbonyl (C=O) groups excluding carboxylic acids is 1. The second-order valence-electron chi connectivity index (χ2n) is 5.87. The van der Waals surface area contributed by atoms with Crippen LogP contribution in [-0.2, 0) is 11.2 Å². The topological polar surface area (TPSA) is 37.3 Å². The quantitative estimate of drug-likeness (QED) is 0.775. The lowest BCUT2D eigenvalue weighted by Gasteiger charge is -2.30. The summed E-state index contributed by atoms with van der Waals surface area (Å²) in [6.07, 6.45) is 3.76. The van der Waals surface area contributed by atoms with Crippen LogP contribution in [0.4, 0.5) is 0 Å². The van der Waals surface area contributed by atoms with Crippen molar-refractivity contribution in [2.75, 3.05) is 0 Å². The van der Waals surface area contributed by atoms with E-state index in [-0.39, 0.29) is 22.9 Å². The molecule has 1 fully saturated rings. The number of benzene rings is 1. The Bertz CT molecular complexity index is 664. The van der Waals surface area contributed by atoms with Crippen molar-refractivity contribution in [3.05, 3.63) is 32.8 Å². The fourth-order valence-electron chi connectivity index (χ4n) is 4.12. The summed E-state index contributed by atoms with van der Waals surface area (Å²) in [4.78, 5) is 12.2. The fraction of sp³-hybridized carbons (Fsp3) is 0.400. The number of Topliss-reactive ketones (excluding diaryl/α,β-unsaturated/α-hetero) is 1. The third-order valence-corrected chi connectivity index (χ3v) is 6.21. The predicted molar refractivity (Wildman–Crippen MR) is 77.1 cm³/mol. The van der Waals surface area contributed by atoms with Crippen LogP contribution in [0.15, 0.2) is 21.6 Å². The minimum atomic E-state index is 0.0360. The number of hydrogen-bond donors (Lipinski definition) is 1. The molecule has 0 aromatic heterocycles. The van der Waals surface area contributed by atoms with E-state index in [2.05, 4.69) is 15.9 Å². The highest BCUT2D eigenvalue weighted by Crippen LogP contribution is 2.63. The smallest absolute Gasteiger partial charge is 0.177 e. The van der Waals surface area contributed by atoms with Crippen LogP contribution in [-0.4, -0.2) is 10.9 Å². The standard InChI is InChI=1S/C15H12BrClO2/c16-12-9-6-15-4-3-7(5-15)14(19)13(17)11(15)8(9)1-2-10(12)18/h1-2,7,18H,3-6H2/t7-,15+/m0/s1. The van der Waals surface area contributed by atoms with E-state index < -0.39 is 0 Å². The van der Waals surface area contributed by atoms with Crippen LogP contribution in [0.25, 0.3) is 5.57 Å². The van der Waals surface area contributed by atoms with Crippen molar-refractivity contribution in [3.8, 4) is 5.75 Å². The highest BCUT2D eigenvalue weighted by molar-refractivity contribution is 9.10. The zero-order valence-corrected chi connectivity index (χ0v) is 12.5. The molecule has 1 saturated carbocycles. The van der Waals surface area contributed by atoms with Gasteiger partial charge in [-0.2, -0.15) is 0 Å². The molecule has 0 unspecified atom stereocenters. The molecule has 3 aliphatic carbocycles. The number of aromatic hydroxyl groups is 1. The number of phenolic OH excluding ortho intramolecular Hbond substituents is 1. The van der Waals surface area contributed by atoms with E-state index in [1.54, 1.807) is 6.07 Å². The largest absolute Gasteiger partial charge is 0.507 e. The van der Waals surface area contributed by atoms with Gasteiger partial charge in [-0.05, 0) is 64.4 Å². The summed E-state index contributed by atoms with van der Waals surface area (Å²) >= 11 is 9.83. The Labute approximate surface area is 124 Å². The normalized spacial score (nSPS) is 31.7. The average molecular weight is 340 g/mol. The van der Waals surface area contributed by atoms with E-state index in [1.807, 2.05) is 6.07 Å². The van der Waals surface area contributed by atoms with Crippen molar-refractivity contribution in [2.24, 2.45) is 11.3 Å². The first-order valence-electron chi connectivity index (χ1n) is 6.49. The third kappa shape index (κ3) is 1.35. The van der Waals surface area contributed by atoms with Crippen molar-refractivity contribution in [2.45, 2.75) is 25.7 Å². The first-order chi connectivity index (χ1) is 9.03. The second kappa shape index (κ2) is 3.64. The second-order valence-corrected chi connectivity index (χ2v) is 7.05. The van der Waals surface area contributed by atoms with Gasteiger partial charge in [-0.15, -0.1) is 0 Å². The van der Waals surface area contributed by atoms with Gasteiger partial charge in [0.15, 0.2) is 5.78 Å². The number of carbonyl (C=O) groups is 1. The molecule has 0 heterocycles. The van der Waals surface area contributed by atoms with Gasteiger partial charge in [-0.25, -0.2) is 0 Å². The Morgan fingerprint density at radius 1 is 1.42 bits per heavy atom. The summed E-state index contributed by atoms with van der Waals surface area (Å²) in [5.41, 5.74) is 3.21. The minimum absolute atomic E-state index is 0.0360. The maximum atomic E-state index is 12.2. The van der Waals surface area contributed by atoms with E-state index in [4.69, 9.17) is 11.6 Å². The van der Waals surface area contributed by atoms with Crippen LogP contribution in [0.5, 0.6) is 5.75 Å². The molecule has 0 aliphatic heterocycles. The maximum absolute atomic E-state index is 12.2. The van der Waals surface area contributed by atoms with Gasteiger partial charge >= 0.3 is 0 Å². The van der Waals surface area contributed by atoms with Crippen molar-refractivity contribution < 1.29 is 9.90 Å². The average Bonchev–Trinajstić information content (AvgIpc) is 2.93. The third-order valence-electron chi connectivity index (χ3n) is 4.95. The summed E-state index contributed by atoms with van der Waals surface area (Å²) in [6, 6.07) is 3.57. The van der Waals surface area contributed by atoms with Crippen molar-refractivity contribution in [1.29, 1.82) is 0 Å². The lowest BCUT2D eigenvalue weighted by atomic mass is 9.74. The molecule has 19 heavy (non-hydrogen) atoms. The maximum Gasteiger partial charge on any atom is 0.177 e. The van der Waals surface area contributed by atoms with Gasteiger partial charge in [0.05, 0.1) is 9.51 Å². The van der Waals surface area contributed by atoms with Crippen LogP contribution in [0.1, 0.15) is 30.4 Å². The van der Waals surface area contributed by atoms with E-state index >= 15 is 0 Å². The molecule has 1 aromatic rings. The molecule has 2 atom stereocenters. The summed E-state index contributed by atoms with van der Waals surface area (Å²) in [5, 5.41) is 10.3. The molecule has 4 rings (SSSR count). The molecule has 1 aromatic carbocycles. The van der Waals surface area contributed by atoms with Crippen LogP contribution >= 0.6 is 27.5 Å². The molecule has 2 nitrogen and oxygen atoms in total. The van der Waals surface area contributed by atoms with Crippen molar-refractivity contribution in [1.82, 2.24) is 0 Å². The number of allylic oxidation sites excluding steroid dienone is 2. The van der Waals surface area contributed by atoms with E-state index in [0.29, 0.717) is 5.03 Å². The Kier molecular flexibility index (Phi) is 2.30. The molecule has 98 valence electrons. The Balaban J connectivity index is 2.03. The summed E-state index contributed by atoms with van der Waals surface area (Å²) in [7, 11) is 0. The monoisotopic (exact) mass is 338 g/mol. The number of hydrogen-bond acceptors (Lipinski definition) is 2. The molecular weight excluding hydrogens is 328 g/mol. The highest BCUT2D eigenvalue weighted by atomic mass is 79.9. The molecule has 2 bridgehead atoms. The van der Waals surface area contributed by atoms with Gasteiger partial charge in [-0.1, -0.05) is 17.7 Å². The lowest BCUT2D eigenvalue weighted by molar-refractivity contribution is -0.118. The fourth-order valence-corrected chi connectivity index (χ4v) is 5.06. The van der Waals surface area contributed by atoms with E-state index in [1.165, 1.54) is 0 Å². The zero-order chi connectivity index (χ0) is 13.4. The molecular formula is C15H12BrClO2. The van der Waals surface area contributed by atoms with Gasteiger partial charge in [0.1, 0.15) is 5.75 Å². The van der Waals surface area contributed by atoms with Gasteiger partial charge < -0.3 is 5.11 Å². The van der Waals surface area contributed by atoms with E-state index in [9.17, 15) is 9.90 Å². The molecule has 1 spiro atoms. The summed E-state index contributed by atoms with van der Waals surface area (Å²) < 4.78 is 0.752. The molecule has 0 saturated heterocycles. The van der Waals surface area contributed by atoms with Crippen LogP contribution in [0.3, 0.4) is 0 Å². The van der Waals surface area contributed by atoms with Crippen LogP contribution in [0, 0.1) is 11.3 Å². The lowest BCUT2D eigenvalue weighted by Crippen LogP contribution is -2.25. The first kappa shape index (κ1) is 12.0. The SMILES string of the molecule is O=C1C(Cl)=C2c3ccc(O)c(Br)c3C[C@]23CC[C@H]1C3. The zero-order valence-electron chi connectivity index (χ0n) is 10.2. The van der Waals surface area contributed by atoms with Crippen molar-refractivity contribution in [3.63, 3.8) is 0 Å². The number of fused-ring (bicyclic) bond motifs is 3. The molecule has 1 N–H and O–H groups in total. The highest BCUT2D eigenvalue weighted by Gasteiger charge is 2.54. The Morgan fingerprint density at radius 2 is 2.21 bits per heavy atom. The van der Waals surface area contributed by atoms with Gasteiger partial charge in [-0.3, -0.25) is 4.79 Å². The molecule has 4 heteroatoms. The Hall–Kier alpha value is -0.800. The molecule has 3 aliphatic rings. The number of halogens is 2. The first-order valence-corrected chi connectivity index (χ1v) is 7.66. The van der Waals surface area contributed by atoms with Crippen molar-refractivity contribution >= 4 is 38.9 Å². The van der Waals surface area contributed by atoms with Gasteiger partial charge in [0, 0.05) is 11.3 Å². The van der Waals surface area contributed by atoms with Gasteiger partial charge in [0.2, 0.25) is 0 Å². The van der Waals surface area contributed by atoms with E-state index in [0.717, 1.165) is 46.9 Å². The summed E-state index contributed by atoms with van der Waals surface area (Å²) in [5.74, 6) is 0.478. The van der Waals surface area contributed by atoms with Crippen LogP contribution in [0.2, 0.25) is 0 Å². The molecule has 0 radical (unpaired) electrons. The number of ketones is 1. The van der Waals surface area contributed by atoms with Gasteiger partial charge in [0.25, 0.3) is 0 Å². The minimum Gasteiger partial charge on any atom is -0.507 e. The summed E-state index contributed by atoms with van der Waals surface area (Å²) in [6.45, 7) is 0. The predicted octanol–water partition coefficient (Wildman–Crippen LogP) is 4.03. The Morgan fingerprint density at radius 3 is 3.00 bits per heavy atom. The molecule has 0 amide bonds. The van der Waals surface area contributed by atoms with Crippen LogP contribution < -0.4 is 0 Å².